The number of nitrogens with one attached hydrogen (secondary N) is 2. The molecule has 12 nitrogen and oxygen atoms in total. The van der Waals surface area contributed by atoms with Crippen LogP contribution in [-0.2, 0) is 19.2 Å². The van der Waals surface area contributed by atoms with Crippen molar-refractivity contribution in [1.82, 2.24) is 15.5 Å². The van der Waals surface area contributed by atoms with E-state index >= 15 is 0 Å². The zero-order valence-electron chi connectivity index (χ0n) is 18.2. The Hall–Kier alpha value is -2.89. The van der Waals surface area contributed by atoms with Crippen molar-refractivity contribution in [2.24, 2.45) is 28.1 Å². The molecule has 12 heteroatoms. The molecule has 1 fully saturated rings. The summed E-state index contributed by atoms with van der Waals surface area (Å²) in [5.74, 6) is -2.62. The minimum Gasteiger partial charge on any atom is -0.480 e. The minimum atomic E-state index is -1.15. The molecule has 31 heavy (non-hydrogen) atoms. The molecule has 1 rings (SSSR count). The zero-order valence-corrected chi connectivity index (χ0v) is 18.2. The number of hydrogen-bond donors (Lipinski definition) is 6. The van der Waals surface area contributed by atoms with Crippen LogP contribution < -0.4 is 27.8 Å². The van der Waals surface area contributed by atoms with Crippen LogP contribution in [0.2, 0.25) is 0 Å². The van der Waals surface area contributed by atoms with Crippen molar-refractivity contribution >= 4 is 29.7 Å². The minimum absolute atomic E-state index is 0.0469. The number of amides is 3. The first kappa shape index (κ1) is 26.1. The number of carbonyl (C=O) groups excluding carboxylic acids is 3. The van der Waals surface area contributed by atoms with Gasteiger partial charge in [0, 0.05) is 13.1 Å². The molecule has 0 aromatic carbocycles. The molecular formula is C19H35N7O5. The van der Waals surface area contributed by atoms with Crippen molar-refractivity contribution in [2.75, 3.05) is 19.6 Å². The molecule has 1 aliphatic rings. The second-order valence-corrected chi connectivity index (χ2v) is 7.99. The second-order valence-electron chi connectivity index (χ2n) is 7.99. The smallest absolute Gasteiger partial charge is 0.326 e. The van der Waals surface area contributed by atoms with Crippen molar-refractivity contribution in [3.63, 3.8) is 0 Å². The van der Waals surface area contributed by atoms with Crippen molar-refractivity contribution in [3.05, 3.63) is 0 Å². The summed E-state index contributed by atoms with van der Waals surface area (Å²) in [6, 6.07) is -2.78. The van der Waals surface area contributed by atoms with E-state index in [-0.39, 0.29) is 43.7 Å². The van der Waals surface area contributed by atoms with Crippen LogP contribution in [-0.4, -0.2) is 77.4 Å². The summed E-state index contributed by atoms with van der Waals surface area (Å²) in [6.07, 6.45) is 1.94. The molecule has 0 unspecified atom stereocenters. The summed E-state index contributed by atoms with van der Waals surface area (Å²) < 4.78 is 0. The molecule has 0 aromatic rings. The molecule has 0 aromatic heterocycles. The van der Waals surface area contributed by atoms with Gasteiger partial charge in [0.25, 0.3) is 0 Å². The van der Waals surface area contributed by atoms with Gasteiger partial charge in [0.1, 0.15) is 18.1 Å². The Balaban J connectivity index is 2.90. The Bertz CT molecular complexity index is 679. The van der Waals surface area contributed by atoms with E-state index in [1.165, 1.54) is 4.90 Å². The third kappa shape index (κ3) is 8.79. The quantitative estimate of drug-likeness (QED) is 0.114. The fraction of sp³-hybridized carbons (Fsp3) is 0.737. The number of nitrogens with zero attached hydrogens (tertiary/aromatic N) is 2. The van der Waals surface area contributed by atoms with Crippen LogP contribution in [0.25, 0.3) is 0 Å². The molecular weight excluding hydrogens is 406 g/mol. The van der Waals surface area contributed by atoms with E-state index in [9.17, 15) is 24.3 Å². The third-order valence-corrected chi connectivity index (χ3v) is 4.95. The third-order valence-electron chi connectivity index (χ3n) is 4.95. The summed E-state index contributed by atoms with van der Waals surface area (Å²) in [7, 11) is 0. The highest BCUT2D eigenvalue weighted by Gasteiger charge is 2.35. The van der Waals surface area contributed by atoms with Gasteiger partial charge in [0.2, 0.25) is 17.7 Å². The van der Waals surface area contributed by atoms with Crippen LogP contribution in [0.5, 0.6) is 0 Å². The number of aliphatic imine (C=N–C) groups is 1. The van der Waals surface area contributed by atoms with Gasteiger partial charge in [-0.1, -0.05) is 13.8 Å². The molecule has 0 aliphatic carbocycles. The molecule has 176 valence electrons. The lowest BCUT2D eigenvalue weighted by Gasteiger charge is -2.27. The number of carboxylic acids is 1. The largest absolute Gasteiger partial charge is 0.480 e. The Morgan fingerprint density at radius 3 is 2.39 bits per heavy atom. The van der Waals surface area contributed by atoms with Gasteiger partial charge in [-0.15, -0.1) is 0 Å². The van der Waals surface area contributed by atoms with Crippen molar-refractivity contribution in [1.29, 1.82) is 0 Å². The standard InChI is InChI=1S/C19H35N7O5/c1-11(2)9-13(18(30)31)25-16(28)12(5-3-7-23-19(21)22)24-17(29)14-6-4-8-26(14)15(27)10-20/h11-14H,3-10,20H2,1-2H3,(H,24,29)(H,25,28)(H,30,31)(H4,21,22,23)/t12-,13-,14-/m0/s1. The van der Waals surface area contributed by atoms with Gasteiger partial charge in [-0.3, -0.25) is 19.4 Å². The van der Waals surface area contributed by atoms with Gasteiger partial charge in [-0.05, 0) is 38.0 Å². The molecule has 3 amide bonds. The molecule has 1 aliphatic heterocycles. The summed E-state index contributed by atoms with van der Waals surface area (Å²) in [5.41, 5.74) is 16.0. The predicted octanol–water partition coefficient (Wildman–Crippen LogP) is -1.91. The Morgan fingerprint density at radius 1 is 1.16 bits per heavy atom. The SMILES string of the molecule is CC(C)C[C@H](NC(=O)[C@H](CCCN=C(N)N)NC(=O)[C@@H]1CCCN1C(=O)CN)C(=O)O. The first-order valence-corrected chi connectivity index (χ1v) is 10.4. The van der Waals surface area contributed by atoms with Gasteiger partial charge in [0.15, 0.2) is 5.96 Å². The lowest BCUT2D eigenvalue weighted by Crippen LogP contribution is -2.55. The summed E-state index contributed by atoms with van der Waals surface area (Å²) in [6.45, 7) is 4.16. The van der Waals surface area contributed by atoms with Crippen LogP contribution in [0.3, 0.4) is 0 Å². The Labute approximate surface area is 182 Å². The number of likely N-dealkylation sites (tertiary alicyclic amines) is 1. The number of hydrogen-bond acceptors (Lipinski definition) is 6. The summed E-state index contributed by atoms with van der Waals surface area (Å²) in [5, 5.41) is 14.6. The average Bonchev–Trinajstić information content (AvgIpc) is 3.18. The highest BCUT2D eigenvalue weighted by molar-refractivity contribution is 5.93. The predicted molar refractivity (Wildman–Crippen MR) is 115 cm³/mol. The number of guanidine groups is 1. The topological polar surface area (TPSA) is 206 Å². The zero-order chi connectivity index (χ0) is 23.6. The number of aliphatic carboxylic acids is 1. The van der Waals surface area contributed by atoms with E-state index in [0.29, 0.717) is 25.8 Å². The molecule has 1 saturated heterocycles. The van der Waals surface area contributed by atoms with Crippen molar-refractivity contribution in [3.8, 4) is 0 Å². The second kappa shape index (κ2) is 12.7. The summed E-state index contributed by atoms with van der Waals surface area (Å²) in [4.78, 5) is 54.4. The van der Waals surface area contributed by atoms with E-state index in [0.717, 1.165) is 0 Å². The summed E-state index contributed by atoms with van der Waals surface area (Å²) >= 11 is 0. The van der Waals surface area contributed by atoms with Crippen molar-refractivity contribution in [2.45, 2.75) is 64.1 Å². The molecule has 9 N–H and O–H groups in total. The van der Waals surface area contributed by atoms with Gasteiger partial charge >= 0.3 is 5.97 Å². The number of nitrogens with two attached hydrogens (primary N) is 3. The van der Waals surface area contributed by atoms with E-state index < -0.39 is 35.9 Å². The van der Waals surface area contributed by atoms with E-state index in [2.05, 4.69) is 15.6 Å². The van der Waals surface area contributed by atoms with Crippen LogP contribution >= 0.6 is 0 Å². The molecule has 0 saturated carbocycles. The number of carboxylic acid groups (broad SMARTS) is 1. The fourth-order valence-corrected chi connectivity index (χ4v) is 3.46. The highest BCUT2D eigenvalue weighted by atomic mass is 16.4. The fourth-order valence-electron chi connectivity index (χ4n) is 3.46. The van der Waals surface area contributed by atoms with Crippen LogP contribution in [0, 0.1) is 5.92 Å². The van der Waals surface area contributed by atoms with Crippen LogP contribution in [0.15, 0.2) is 4.99 Å². The number of carbonyl (C=O) groups is 4. The highest BCUT2D eigenvalue weighted by Crippen LogP contribution is 2.18. The van der Waals surface area contributed by atoms with Gasteiger partial charge in [0.05, 0.1) is 6.54 Å². The van der Waals surface area contributed by atoms with E-state index in [4.69, 9.17) is 17.2 Å². The van der Waals surface area contributed by atoms with Gasteiger partial charge < -0.3 is 37.8 Å². The maximum Gasteiger partial charge on any atom is 0.326 e. The molecule has 0 bridgehead atoms. The Kier molecular flexibility index (Phi) is 10.7. The monoisotopic (exact) mass is 441 g/mol. The number of rotatable bonds is 12. The first-order chi connectivity index (χ1) is 14.6. The van der Waals surface area contributed by atoms with Gasteiger partial charge in [-0.2, -0.15) is 0 Å². The molecule has 3 atom stereocenters. The lowest BCUT2D eigenvalue weighted by atomic mass is 10.0. The first-order valence-electron chi connectivity index (χ1n) is 10.4. The van der Waals surface area contributed by atoms with Crippen molar-refractivity contribution < 1.29 is 24.3 Å². The van der Waals surface area contributed by atoms with E-state index in [1.54, 1.807) is 0 Å². The van der Waals surface area contributed by atoms with E-state index in [1.807, 2.05) is 13.8 Å². The van der Waals surface area contributed by atoms with Crippen LogP contribution in [0.1, 0.15) is 46.0 Å². The van der Waals surface area contributed by atoms with Crippen LogP contribution in [0.4, 0.5) is 0 Å². The van der Waals surface area contributed by atoms with Gasteiger partial charge in [-0.25, -0.2) is 4.79 Å². The maximum absolute atomic E-state index is 12.8. The molecule has 0 radical (unpaired) electrons. The Morgan fingerprint density at radius 2 is 1.84 bits per heavy atom. The molecule has 1 heterocycles. The maximum atomic E-state index is 12.8. The average molecular weight is 442 g/mol. The molecule has 0 spiro atoms. The normalized spacial score (nSPS) is 17.7. The lowest BCUT2D eigenvalue weighted by molar-refractivity contribution is -0.143.